The van der Waals surface area contributed by atoms with E-state index < -0.39 is 11.5 Å². The number of amides is 1. The Morgan fingerprint density at radius 3 is 2.92 bits per heavy atom. The Morgan fingerprint density at radius 1 is 1.77 bits per heavy atom. The first-order valence-electron chi connectivity index (χ1n) is 3.77. The van der Waals surface area contributed by atoms with Crippen molar-refractivity contribution in [3.8, 4) is 0 Å². The summed E-state index contributed by atoms with van der Waals surface area (Å²) in [7, 11) is 0. The molecule has 5 nitrogen and oxygen atoms in total. The standard InChI is InChI=1S/C7H11N3O2S/c1-7(2,12)6(11)8-3-5-4-9-10-13-5/h4,12H,3H2,1-2H3,(H,8,11). The van der Waals surface area contributed by atoms with Crippen LogP contribution in [0.5, 0.6) is 0 Å². The van der Waals surface area contributed by atoms with Crippen LogP contribution in [-0.2, 0) is 11.3 Å². The van der Waals surface area contributed by atoms with E-state index in [1.165, 1.54) is 25.4 Å². The van der Waals surface area contributed by atoms with Crippen molar-refractivity contribution in [3.05, 3.63) is 11.1 Å². The molecule has 0 aromatic carbocycles. The van der Waals surface area contributed by atoms with Crippen molar-refractivity contribution >= 4 is 17.4 Å². The van der Waals surface area contributed by atoms with Crippen molar-refractivity contribution in [2.45, 2.75) is 26.0 Å². The van der Waals surface area contributed by atoms with Gasteiger partial charge in [0.25, 0.3) is 5.91 Å². The van der Waals surface area contributed by atoms with Crippen molar-refractivity contribution in [2.75, 3.05) is 0 Å². The Balaban J connectivity index is 2.40. The average Bonchev–Trinajstić information content (AvgIpc) is 2.50. The van der Waals surface area contributed by atoms with Crippen molar-refractivity contribution in [3.63, 3.8) is 0 Å². The minimum Gasteiger partial charge on any atom is -0.381 e. The number of nitrogens with one attached hydrogen (secondary N) is 1. The number of aliphatic hydroxyl groups is 1. The minimum atomic E-state index is -1.34. The van der Waals surface area contributed by atoms with Gasteiger partial charge in [0.15, 0.2) is 0 Å². The predicted octanol–water partition coefficient (Wildman–Crippen LogP) is -0.0748. The number of hydrogen-bond donors (Lipinski definition) is 2. The molecule has 0 radical (unpaired) electrons. The van der Waals surface area contributed by atoms with E-state index in [0.29, 0.717) is 6.54 Å². The fourth-order valence-corrected chi connectivity index (χ4v) is 1.08. The molecule has 1 amide bonds. The lowest BCUT2D eigenvalue weighted by Gasteiger charge is -2.15. The molecular formula is C7H11N3O2S. The maximum Gasteiger partial charge on any atom is 0.251 e. The first kappa shape index (κ1) is 10.1. The zero-order chi connectivity index (χ0) is 9.90. The zero-order valence-electron chi connectivity index (χ0n) is 7.44. The summed E-state index contributed by atoms with van der Waals surface area (Å²) < 4.78 is 3.64. The fraction of sp³-hybridized carbons (Fsp3) is 0.571. The van der Waals surface area contributed by atoms with E-state index in [9.17, 15) is 9.90 Å². The summed E-state index contributed by atoms with van der Waals surface area (Å²) in [5.74, 6) is -0.402. The van der Waals surface area contributed by atoms with Gasteiger partial charge in [0.05, 0.1) is 17.6 Å². The van der Waals surface area contributed by atoms with Gasteiger partial charge in [-0.25, -0.2) is 0 Å². The Hall–Kier alpha value is -1.01. The van der Waals surface area contributed by atoms with Crippen LogP contribution >= 0.6 is 11.5 Å². The number of nitrogens with zero attached hydrogens (tertiary/aromatic N) is 2. The van der Waals surface area contributed by atoms with E-state index in [0.717, 1.165) is 4.88 Å². The van der Waals surface area contributed by atoms with Crippen LogP contribution in [0.3, 0.4) is 0 Å². The quantitative estimate of drug-likeness (QED) is 0.717. The van der Waals surface area contributed by atoms with Crippen LogP contribution in [-0.4, -0.2) is 26.2 Å². The molecule has 72 valence electrons. The molecular weight excluding hydrogens is 190 g/mol. The fourth-order valence-electron chi connectivity index (χ4n) is 0.649. The molecule has 0 aliphatic carbocycles. The molecule has 0 fully saturated rings. The molecule has 1 aromatic heterocycles. The normalized spacial score (nSPS) is 11.3. The smallest absolute Gasteiger partial charge is 0.251 e. The lowest BCUT2D eigenvalue weighted by Crippen LogP contribution is -2.41. The van der Waals surface area contributed by atoms with Gasteiger partial charge in [0, 0.05) is 0 Å². The predicted molar refractivity (Wildman–Crippen MR) is 48.1 cm³/mol. The van der Waals surface area contributed by atoms with Gasteiger partial charge in [-0.05, 0) is 25.4 Å². The van der Waals surface area contributed by atoms with Gasteiger partial charge in [-0.3, -0.25) is 4.79 Å². The van der Waals surface area contributed by atoms with Crippen LogP contribution in [0.4, 0.5) is 0 Å². The summed E-state index contributed by atoms with van der Waals surface area (Å²) in [4.78, 5) is 12.0. The summed E-state index contributed by atoms with van der Waals surface area (Å²) in [6.07, 6.45) is 1.58. The summed E-state index contributed by atoms with van der Waals surface area (Å²) in [5.41, 5.74) is -1.34. The van der Waals surface area contributed by atoms with Crippen LogP contribution in [0.25, 0.3) is 0 Å². The van der Waals surface area contributed by atoms with Crippen molar-refractivity contribution in [2.24, 2.45) is 0 Å². The third-order valence-corrected chi connectivity index (χ3v) is 2.05. The van der Waals surface area contributed by atoms with Crippen LogP contribution < -0.4 is 5.32 Å². The van der Waals surface area contributed by atoms with Gasteiger partial charge < -0.3 is 10.4 Å². The van der Waals surface area contributed by atoms with E-state index >= 15 is 0 Å². The third-order valence-electron chi connectivity index (χ3n) is 1.39. The third kappa shape index (κ3) is 3.08. The maximum absolute atomic E-state index is 11.2. The number of carbonyl (C=O) groups is 1. The second-order valence-electron chi connectivity index (χ2n) is 3.13. The highest BCUT2D eigenvalue weighted by Gasteiger charge is 2.23. The highest BCUT2D eigenvalue weighted by Crippen LogP contribution is 2.04. The Bertz CT molecular complexity index is 278. The molecule has 0 bridgehead atoms. The molecule has 2 N–H and O–H groups in total. The molecule has 1 aromatic rings. The molecule has 13 heavy (non-hydrogen) atoms. The monoisotopic (exact) mass is 201 g/mol. The number of carbonyl (C=O) groups excluding carboxylic acids is 1. The van der Waals surface area contributed by atoms with Gasteiger partial charge in [0.2, 0.25) is 0 Å². The SMILES string of the molecule is CC(C)(O)C(=O)NCc1cnns1. The molecule has 0 saturated carbocycles. The van der Waals surface area contributed by atoms with Gasteiger partial charge in [-0.1, -0.05) is 4.49 Å². The lowest BCUT2D eigenvalue weighted by molar-refractivity contribution is -0.136. The minimum absolute atomic E-state index is 0.362. The van der Waals surface area contributed by atoms with Gasteiger partial charge >= 0.3 is 0 Å². The second-order valence-corrected chi connectivity index (χ2v) is 4.00. The molecule has 0 aliphatic rings. The second kappa shape index (κ2) is 3.80. The summed E-state index contributed by atoms with van der Waals surface area (Å²) in [6, 6.07) is 0. The van der Waals surface area contributed by atoms with E-state index in [1.54, 1.807) is 6.20 Å². The van der Waals surface area contributed by atoms with Crippen molar-refractivity contribution in [1.82, 2.24) is 14.9 Å². The van der Waals surface area contributed by atoms with Crippen LogP contribution in [0.2, 0.25) is 0 Å². The zero-order valence-corrected chi connectivity index (χ0v) is 8.26. The molecule has 1 rings (SSSR count). The summed E-state index contributed by atoms with van der Waals surface area (Å²) in [5, 5.41) is 15.5. The Morgan fingerprint density at radius 2 is 2.46 bits per heavy atom. The van der Waals surface area contributed by atoms with Crippen molar-refractivity contribution < 1.29 is 9.90 Å². The number of aromatic nitrogens is 2. The van der Waals surface area contributed by atoms with Crippen LogP contribution in [0, 0.1) is 0 Å². The van der Waals surface area contributed by atoms with E-state index in [1.807, 2.05) is 0 Å². The number of rotatable bonds is 3. The largest absolute Gasteiger partial charge is 0.381 e. The van der Waals surface area contributed by atoms with Gasteiger partial charge in [-0.15, -0.1) is 5.10 Å². The molecule has 6 heteroatoms. The molecule has 0 aliphatic heterocycles. The highest BCUT2D eigenvalue weighted by atomic mass is 32.1. The lowest BCUT2D eigenvalue weighted by atomic mass is 10.1. The first-order chi connectivity index (χ1) is 6.00. The molecule has 0 saturated heterocycles. The van der Waals surface area contributed by atoms with Crippen LogP contribution in [0.15, 0.2) is 6.20 Å². The maximum atomic E-state index is 11.2. The number of hydrogen-bond acceptors (Lipinski definition) is 5. The highest BCUT2D eigenvalue weighted by molar-refractivity contribution is 7.05. The summed E-state index contributed by atoms with van der Waals surface area (Å²) in [6.45, 7) is 3.24. The summed E-state index contributed by atoms with van der Waals surface area (Å²) >= 11 is 1.22. The van der Waals surface area contributed by atoms with E-state index in [2.05, 4.69) is 14.9 Å². The van der Waals surface area contributed by atoms with Crippen LogP contribution in [0.1, 0.15) is 18.7 Å². The van der Waals surface area contributed by atoms with Crippen molar-refractivity contribution in [1.29, 1.82) is 0 Å². The molecule has 0 atom stereocenters. The van der Waals surface area contributed by atoms with Gasteiger partial charge in [-0.2, -0.15) is 0 Å². The van der Waals surface area contributed by atoms with E-state index in [4.69, 9.17) is 0 Å². The van der Waals surface area contributed by atoms with E-state index in [-0.39, 0.29) is 0 Å². The van der Waals surface area contributed by atoms with Gasteiger partial charge in [0.1, 0.15) is 5.60 Å². The Kier molecular flexibility index (Phi) is 2.94. The average molecular weight is 201 g/mol. The molecule has 0 unspecified atom stereocenters. The Labute approximate surface area is 80.0 Å². The molecule has 1 heterocycles. The molecule has 0 spiro atoms. The first-order valence-corrected chi connectivity index (χ1v) is 4.54. The topological polar surface area (TPSA) is 75.1 Å².